The third-order valence-corrected chi connectivity index (χ3v) is 7.16. The van der Waals surface area contributed by atoms with Crippen LogP contribution >= 0.6 is 0 Å². The Balaban J connectivity index is 1.32. The third-order valence-electron chi connectivity index (χ3n) is 7.16. The number of fused-ring (bicyclic) bond motifs is 2. The normalized spacial score (nSPS) is 17.5. The van der Waals surface area contributed by atoms with Gasteiger partial charge in [-0.15, -0.1) is 0 Å². The van der Waals surface area contributed by atoms with Gasteiger partial charge in [0.1, 0.15) is 11.8 Å². The largest absolute Gasteiger partial charge is 0.497 e. The Labute approximate surface area is 205 Å². The molecule has 1 saturated heterocycles. The Bertz CT molecular complexity index is 1180. The average Bonchev–Trinajstić information content (AvgIpc) is 3.40. The molecule has 5 rings (SSSR count). The molecule has 1 fully saturated rings. The quantitative estimate of drug-likeness (QED) is 0.511. The highest BCUT2D eigenvalue weighted by atomic mass is 16.5. The number of nitrogens with zero attached hydrogens (tertiary/aromatic N) is 2. The maximum absolute atomic E-state index is 13.7. The fraction of sp³-hybridized carbons (Fsp3) is 0.370. The van der Waals surface area contributed by atoms with Gasteiger partial charge in [0.05, 0.1) is 24.7 Å². The van der Waals surface area contributed by atoms with Crippen LogP contribution in [0.3, 0.4) is 0 Å². The van der Waals surface area contributed by atoms with Gasteiger partial charge in [0.15, 0.2) is 0 Å². The van der Waals surface area contributed by atoms with Crippen molar-refractivity contribution in [3.8, 4) is 5.75 Å². The molecule has 182 valence electrons. The lowest BCUT2D eigenvalue weighted by atomic mass is 9.80. The average molecular weight is 474 g/mol. The van der Waals surface area contributed by atoms with Gasteiger partial charge in [0.25, 0.3) is 5.91 Å². The van der Waals surface area contributed by atoms with Gasteiger partial charge in [-0.1, -0.05) is 36.4 Å². The summed E-state index contributed by atoms with van der Waals surface area (Å²) >= 11 is 0. The van der Waals surface area contributed by atoms with E-state index in [-0.39, 0.29) is 17.4 Å². The van der Waals surface area contributed by atoms with Crippen molar-refractivity contribution in [1.82, 2.24) is 25.5 Å². The van der Waals surface area contributed by atoms with Crippen LogP contribution in [0.2, 0.25) is 0 Å². The van der Waals surface area contributed by atoms with Crippen molar-refractivity contribution in [2.45, 2.75) is 37.3 Å². The molecule has 2 aromatic carbocycles. The first kappa shape index (κ1) is 23.1. The van der Waals surface area contributed by atoms with Gasteiger partial charge in [-0.3, -0.25) is 9.59 Å². The number of methoxy groups -OCH3 is 1. The fourth-order valence-electron chi connectivity index (χ4n) is 5.23. The minimum Gasteiger partial charge on any atom is -0.497 e. The lowest BCUT2D eigenvalue weighted by molar-refractivity contribution is -0.135. The summed E-state index contributed by atoms with van der Waals surface area (Å²) in [5.41, 5.74) is 3.55. The summed E-state index contributed by atoms with van der Waals surface area (Å²) in [5.74, 6) is 0.252. The zero-order valence-corrected chi connectivity index (χ0v) is 19.9. The van der Waals surface area contributed by atoms with Crippen LogP contribution in [0.25, 0.3) is 0 Å². The molecule has 3 heterocycles. The van der Waals surface area contributed by atoms with Crippen molar-refractivity contribution in [2.24, 2.45) is 0 Å². The molecule has 35 heavy (non-hydrogen) atoms. The molecular weight excluding hydrogens is 442 g/mol. The van der Waals surface area contributed by atoms with Crippen molar-refractivity contribution < 1.29 is 14.3 Å². The van der Waals surface area contributed by atoms with Crippen molar-refractivity contribution in [2.75, 3.05) is 26.7 Å². The summed E-state index contributed by atoms with van der Waals surface area (Å²) in [7, 11) is 1.56. The summed E-state index contributed by atoms with van der Waals surface area (Å²) in [6.07, 6.45) is 4.71. The van der Waals surface area contributed by atoms with E-state index in [0.717, 1.165) is 37.1 Å². The van der Waals surface area contributed by atoms with Crippen LogP contribution < -0.4 is 15.4 Å². The Morgan fingerprint density at radius 1 is 1.14 bits per heavy atom. The Kier molecular flexibility index (Phi) is 6.55. The number of ether oxygens (including phenoxy) is 1. The molecule has 8 nitrogen and oxygen atoms in total. The number of hydrogen-bond donors (Lipinski definition) is 3. The van der Waals surface area contributed by atoms with Crippen molar-refractivity contribution >= 4 is 11.8 Å². The molecule has 0 aliphatic carbocycles. The predicted octanol–water partition coefficient (Wildman–Crippen LogP) is 2.42. The summed E-state index contributed by atoms with van der Waals surface area (Å²) in [5, 5.41) is 6.66. The van der Waals surface area contributed by atoms with Gasteiger partial charge in [-0.05, 0) is 36.6 Å². The van der Waals surface area contributed by atoms with E-state index in [1.165, 1.54) is 5.69 Å². The Hall–Kier alpha value is -3.65. The van der Waals surface area contributed by atoms with Gasteiger partial charge >= 0.3 is 0 Å². The fourth-order valence-corrected chi connectivity index (χ4v) is 5.23. The van der Waals surface area contributed by atoms with Crippen molar-refractivity contribution in [3.05, 3.63) is 83.4 Å². The van der Waals surface area contributed by atoms with E-state index in [0.29, 0.717) is 30.8 Å². The number of carbonyl (C=O) groups excluding carboxylic acids is 2. The molecule has 1 atom stereocenters. The minimum absolute atomic E-state index is 0.0574. The second kappa shape index (κ2) is 9.92. The second-order valence-electron chi connectivity index (χ2n) is 9.26. The van der Waals surface area contributed by atoms with Crippen LogP contribution in [0.4, 0.5) is 0 Å². The highest BCUT2D eigenvalue weighted by molar-refractivity contribution is 5.98. The van der Waals surface area contributed by atoms with Crippen molar-refractivity contribution in [1.29, 1.82) is 0 Å². The first-order valence-corrected chi connectivity index (χ1v) is 12.1. The van der Waals surface area contributed by atoms with E-state index < -0.39 is 6.04 Å². The number of aromatic nitrogens is 2. The van der Waals surface area contributed by atoms with Gasteiger partial charge < -0.3 is 25.3 Å². The Morgan fingerprint density at radius 3 is 2.71 bits per heavy atom. The number of amides is 2. The number of piperidine rings is 1. The Morgan fingerprint density at radius 2 is 1.94 bits per heavy atom. The maximum atomic E-state index is 13.7. The number of carbonyl (C=O) groups is 2. The molecule has 2 amide bonds. The topological polar surface area (TPSA) is 99.4 Å². The molecule has 8 heteroatoms. The van der Waals surface area contributed by atoms with Crippen LogP contribution in [0.5, 0.6) is 5.75 Å². The zero-order valence-electron chi connectivity index (χ0n) is 19.9. The smallest absolute Gasteiger partial charge is 0.252 e. The summed E-state index contributed by atoms with van der Waals surface area (Å²) in [4.78, 5) is 36.5. The van der Waals surface area contributed by atoms with Gasteiger partial charge in [0, 0.05) is 43.7 Å². The van der Waals surface area contributed by atoms with E-state index in [9.17, 15) is 9.59 Å². The standard InChI is InChI=1S/C27H31N5O3/c1-35-21-9-5-8-20(17-21)25(33)31-23(16-19-6-3-2-4-7-19)26(34)32-14-11-27(12-15-32)24-22(10-13-30-27)28-18-29-24/h2-9,17-18,23,30H,10-16H2,1H3,(H,28,29)(H,31,33)/t23-/m1/s1. The lowest BCUT2D eigenvalue weighted by Crippen LogP contribution is -2.58. The van der Waals surface area contributed by atoms with Gasteiger partial charge in [-0.25, -0.2) is 4.98 Å². The monoisotopic (exact) mass is 473 g/mol. The second-order valence-corrected chi connectivity index (χ2v) is 9.26. The molecule has 0 bridgehead atoms. The van der Waals surface area contributed by atoms with Crippen LogP contribution in [0, 0.1) is 0 Å². The third kappa shape index (κ3) is 4.79. The predicted molar refractivity (Wildman–Crippen MR) is 132 cm³/mol. The van der Waals surface area contributed by atoms with E-state index in [1.54, 1.807) is 37.7 Å². The molecule has 3 N–H and O–H groups in total. The number of hydrogen-bond acceptors (Lipinski definition) is 5. The number of H-pyrrole nitrogens is 1. The first-order chi connectivity index (χ1) is 17.1. The van der Waals surface area contributed by atoms with Crippen LogP contribution in [0.1, 0.15) is 40.2 Å². The van der Waals surface area contributed by atoms with Gasteiger partial charge in [0.2, 0.25) is 5.91 Å². The summed E-state index contributed by atoms with van der Waals surface area (Å²) < 4.78 is 5.25. The number of benzene rings is 2. The van der Waals surface area contributed by atoms with E-state index in [2.05, 4.69) is 20.6 Å². The number of rotatable bonds is 6. The van der Waals surface area contributed by atoms with Crippen LogP contribution in [0.15, 0.2) is 60.9 Å². The molecule has 2 aliphatic heterocycles. The van der Waals surface area contributed by atoms with E-state index in [1.807, 2.05) is 35.2 Å². The van der Waals surface area contributed by atoms with Crippen molar-refractivity contribution in [3.63, 3.8) is 0 Å². The van der Waals surface area contributed by atoms with Gasteiger partial charge in [-0.2, -0.15) is 0 Å². The highest BCUT2D eigenvalue weighted by Gasteiger charge is 2.42. The SMILES string of the molecule is COc1cccc(C(=O)N[C@H](Cc2ccccc2)C(=O)N2CCC3(CC2)NCCc2[nH]cnc23)c1. The maximum Gasteiger partial charge on any atom is 0.252 e. The molecule has 0 unspecified atom stereocenters. The summed E-state index contributed by atoms with van der Waals surface area (Å²) in [6.45, 7) is 2.12. The summed E-state index contributed by atoms with van der Waals surface area (Å²) in [6, 6.07) is 16.1. The molecular formula is C27H31N5O3. The zero-order chi connectivity index (χ0) is 24.3. The van der Waals surface area contributed by atoms with E-state index in [4.69, 9.17) is 4.74 Å². The first-order valence-electron chi connectivity index (χ1n) is 12.1. The number of nitrogens with one attached hydrogen (secondary N) is 3. The van der Waals surface area contributed by atoms with Crippen LogP contribution in [-0.4, -0.2) is 59.5 Å². The highest BCUT2D eigenvalue weighted by Crippen LogP contribution is 2.36. The number of likely N-dealkylation sites (tertiary alicyclic amines) is 1. The molecule has 1 aromatic heterocycles. The number of aromatic amines is 1. The molecule has 3 aromatic rings. The van der Waals surface area contributed by atoms with E-state index >= 15 is 0 Å². The molecule has 0 saturated carbocycles. The molecule has 0 radical (unpaired) electrons. The minimum atomic E-state index is -0.662. The number of imidazole rings is 1. The molecule has 2 aliphatic rings. The van der Waals surface area contributed by atoms with Crippen LogP contribution in [-0.2, 0) is 23.2 Å². The lowest BCUT2D eigenvalue weighted by Gasteiger charge is -2.44. The molecule has 1 spiro atoms.